The predicted octanol–water partition coefficient (Wildman–Crippen LogP) is -5.64. The van der Waals surface area contributed by atoms with E-state index in [1.165, 1.54) is 12.1 Å². The Bertz CT molecular complexity index is 1050. The number of carbonyl (C=O) groups is 3. The van der Waals surface area contributed by atoms with Crippen LogP contribution in [0.25, 0.3) is 0 Å². The molecule has 2 fully saturated rings. The number of aliphatic hydroxyl groups is 8. The standard InChI is InChI=1S/C24H34N2O15/c27-8-14(30)26-15-11(28)6-24(23(37)38,39-9-13-17(32)18(33)19(34)22(36)40-13)41-20(15)16(31)12(29)7-25-21(35)10-4-2-1-3-5-10/h1-5,11-13,15-20,22,27-29,31-34,36H,6-9H2,(H,25,35)(H,26,30)(H,37,38)/t11-,12+,13+,15+,16+,17-,18-,19+,20+,22+,24+/m0/s1. The molecule has 17 nitrogen and oxygen atoms in total. The fourth-order valence-electron chi connectivity index (χ4n) is 4.46. The number of amides is 2. The van der Waals surface area contributed by atoms with Gasteiger partial charge in [0.1, 0.15) is 43.2 Å². The molecular formula is C24H34N2O15. The van der Waals surface area contributed by atoms with E-state index in [-0.39, 0.29) is 5.56 Å². The van der Waals surface area contributed by atoms with Gasteiger partial charge < -0.3 is 70.8 Å². The van der Waals surface area contributed by atoms with Crippen LogP contribution in [0.4, 0.5) is 0 Å². The summed E-state index contributed by atoms with van der Waals surface area (Å²) >= 11 is 0. The van der Waals surface area contributed by atoms with E-state index in [2.05, 4.69) is 10.6 Å². The molecule has 11 N–H and O–H groups in total. The van der Waals surface area contributed by atoms with Crippen LogP contribution in [0.3, 0.4) is 0 Å². The van der Waals surface area contributed by atoms with Crippen LogP contribution in [0.1, 0.15) is 16.8 Å². The molecule has 2 heterocycles. The largest absolute Gasteiger partial charge is 0.477 e. The molecule has 0 aromatic heterocycles. The number of hydrogen-bond donors (Lipinski definition) is 11. The van der Waals surface area contributed by atoms with Gasteiger partial charge in [0.2, 0.25) is 5.91 Å². The Kier molecular flexibility index (Phi) is 11.1. The lowest BCUT2D eigenvalue weighted by Crippen LogP contribution is -2.69. The Hall–Kier alpha value is -2.81. The van der Waals surface area contributed by atoms with E-state index >= 15 is 0 Å². The molecule has 0 radical (unpaired) electrons. The Morgan fingerprint density at radius 3 is 2.29 bits per heavy atom. The number of carbonyl (C=O) groups excluding carboxylic acids is 2. The highest BCUT2D eigenvalue weighted by Crippen LogP contribution is 2.34. The molecule has 2 saturated heterocycles. The maximum Gasteiger partial charge on any atom is 0.364 e. The van der Waals surface area contributed by atoms with Gasteiger partial charge >= 0.3 is 5.97 Å². The number of ether oxygens (including phenoxy) is 3. The zero-order valence-corrected chi connectivity index (χ0v) is 21.5. The van der Waals surface area contributed by atoms with Gasteiger partial charge in [-0.3, -0.25) is 9.59 Å². The molecular weight excluding hydrogens is 556 g/mol. The molecule has 11 atom stereocenters. The third-order valence-electron chi connectivity index (χ3n) is 6.78. The lowest BCUT2D eigenvalue weighted by atomic mass is 9.88. The van der Waals surface area contributed by atoms with E-state index < -0.39 is 111 Å². The highest BCUT2D eigenvalue weighted by atomic mass is 16.7. The van der Waals surface area contributed by atoms with E-state index in [1.54, 1.807) is 18.2 Å². The first-order valence-electron chi connectivity index (χ1n) is 12.5. The highest BCUT2D eigenvalue weighted by molar-refractivity contribution is 5.94. The molecule has 2 amide bonds. The number of nitrogens with one attached hydrogen (secondary N) is 2. The molecule has 0 spiro atoms. The van der Waals surface area contributed by atoms with E-state index in [1.807, 2.05) is 0 Å². The number of hydrogen-bond acceptors (Lipinski definition) is 14. The van der Waals surface area contributed by atoms with Crippen molar-refractivity contribution in [1.82, 2.24) is 10.6 Å². The first-order chi connectivity index (χ1) is 19.3. The van der Waals surface area contributed by atoms with Crippen molar-refractivity contribution in [3.05, 3.63) is 35.9 Å². The van der Waals surface area contributed by atoms with Crippen molar-refractivity contribution < 1.29 is 74.6 Å². The van der Waals surface area contributed by atoms with Crippen LogP contribution >= 0.6 is 0 Å². The Morgan fingerprint density at radius 1 is 1.02 bits per heavy atom. The molecule has 41 heavy (non-hydrogen) atoms. The van der Waals surface area contributed by atoms with E-state index in [9.17, 15) is 55.2 Å². The number of carboxylic acids is 1. The van der Waals surface area contributed by atoms with Crippen molar-refractivity contribution in [2.45, 2.75) is 73.4 Å². The van der Waals surface area contributed by atoms with Crippen molar-refractivity contribution >= 4 is 17.8 Å². The van der Waals surface area contributed by atoms with Crippen LogP contribution in [0.2, 0.25) is 0 Å². The normalized spacial score (nSPS) is 35.2. The number of aliphatic hydroxyl groups excluding tert-OH is 8. The Balaban J connectivity index is 1.80. The average molecular weight is 591 g/mol. The van der Waals surface area contributed by atoms with Crippen LogP contribution in [0.15, 0.2) is 30.3 Å². The van der Waals surface area contributed by atoms with Gasteiger partial charge in [0.15, 0.2) is 6.29 Å². The highest BCUT2D eigenvalue weighted by Gasteiger charge is 2.56. The van der Waals surface area contributed by atoms with Crippen molar-refractivity contribution in [2.75, 3.05) is 19.8 Å². The molecule has 0 aliphatic carbocycles. The molecule has 0 saturated carbocycles. The lowest BCUT2D eigenvalue weighted by molar-refractivity contribution is -0.334. The fraction of sp³-hybridized carbons (Fsp3) is 0.625. The first kappa shape index (κ1) is 32.7. The zero-order valence-electron chi connectivity index (χ0n) is 21.5. The summed E-state index contributed by atoms with van der Waals surface area (Å²) in [6.07, 6.45) is -17.7. The summed E-state index contributed by atoms with van der Waals surface area (Å²) in [6, 6.07) is 6.26. The molecule has 230 valence electrons. The Morgan fingerprint density at radius 2 is 1.68 bits per heavy atom. The predicted molar refractivity (Wildman–Crippen MR) is 131 cm³/mol. The first-order valence-corrected chi connectivity index (χ1v) is 12.5. The van der Waals surface area contributed by atoms with Gasteiger partial charge in [0.25, 0.3) is 11.7 Å². The lowest BCUT2D eigenvalue weighted by Gasteiger charge is -2.47. The molecule has 1 aromatic carbocycles. The van der Waals surface area contributed by atoms with Crippen LogP contribution in [0, 0.1) is 0 Å². The van der Waals surface area contributed by atoms with Crippen molar-refractivity contribution in [2.24, 2.45) is 0 Å². The van der Waals surface area contributed by atoms with Gasteiger partial charge in [0.05, 0.1) is 24.9 Å². The van der Waals surface area contributed by atoms with E-state index in [0.29, 0.717) is 0 Å². The minimum atomic E-state index is -2.80. The second kappa shape index (κ2) is 13.9. The summed E-state index contributed by atoms with van der Waals surface area (Å²) in [6.45, 7) is -2.50. The summed E-state index contributed by atoms with van der Waals surface area (Å²) in [7, 11) is 0. The van der Waals surface area contributed by atoms with E-state index in [4.69, 9.17) is 19.3 Å². The topological polar surface area (TPSA) is 285 Å². The number of benzene rings is 1. The Labute approximate surface area is 232 Å². The van der Waals surface area contributed by atoms with Gasteiger partial charge in [0, 0.05) is 18.5 Å². The van der Waals surface area contributed by atoms with Crippen LogP contribution in [-0.2, 0) is 23.8 Å². The van der Waals surface area contributed by atoms with Gasteiger partial charge in [-0.15, -0.1) is 0 Å². The quantitative estimate of drug-likeness (QED) is 0.115. The third kappa shape index (κ3) is 7.53. The zero-order chi connectivity index (χ0) is 30.5. The number of carboxylic acid groups (broad SMARTS) is 1. The molecule has 2 aliphatic heterocycles. The van der Waals surface area contributed by atoms with E-state index in [0.717, 1.165) is 0 Å². The molecule has 0 unspecified atom stereocenters. The van der Waals surface area contributed by atoms with Crippen LogP contribution in [0.5, 0.6) is 0 Å². The summed E-state index contributed by atoms with van der Waals surface area (Å²) in [5.74, 6) is -6.30. The molecule has 0 bridgehead atoms. The van der Waals surface area contributed by atoms with Crippen molar-refractivity contribution in [3.63, 3.8) is 0 Å². The van der Waals surface area contributed by atoms with Gasteiger partial charge in [-0.2, -0.15) is 0 Å². The van der Waals surface area contributed by atoms with Crippen molar-refractivity contribution in [3.8, 4) is 0 Å². The van der Waals surface area contributed by atoms with Gasteiger partial charge in [-0.1, -0.05) is 18.2 Å². The molecule has 3 rings (SSSR count). The SMILES string of the molecule is O=C(CO)N[C@H]1[C@H]([C@H](O)[C@H](O)CNC(=O)c2ccccc2)O[C@@](OC[C@H]2O[C@@H](O)[C@H](O)[C@@H](O)[C@H]2O)(C(=O)O)C[C@@H]1O. The average Bonchev–Trinajstić information content (AvgIpc) is 2.96. The number of aliphatic carboxylic acids is 1. The molecule has 17 heteroatoms. The van der Waals surface area contributed by atoms with Crippen molar-refractivity contribution in [1.29, 1.82) is 0 Å². The minimum absolute atomic E-state index is 0.236. The smallest absolute Gasteiger partial charge is 0.364 e. The number of rotatable bonds is 11. The molecule has 2 aliphatic rings. The summed E-state index contributed by atoms with van der Waals surface area (Å²) < 4.78 is 15.8. The van der Waals surface area contributed by atoms with Crippen LogP contribution in [-0.4, -0.2) is 150 Å². The maximum absolute atomic E-state index is 12.3. The maximum atomic E-state index is 12.3. The van der Waals surface area contributed by atoms with Gasteiger partial charge in [-0.25, -0.2) is 4.79 Å². The fourth-order valence-corrected chi connectivity index (χ4v) is 4.46. The monoisotopic (exact) mass is 590 g/mol. The third-order valence-corrected chi connectivity index (χ3v) is 6.78. The van der Waals surface area contributed by atoms with Gasteiger partial charge in [-0.05, 0) is 12.1 Å². The minimum Gasteiger partial charge on any atom is -0.477 e. The summed E-state index contributed by atoms with van der Waals surface area (Å²) in [5.41, 5.74) is 0.236. The molecule has 1 aromatic rings. The second-order valence-corrected chi connectivity index (χ2v) is 9.65. The summed E-state index contributed by atoms with van der Waals surface area (Å²) in [5, 5.41) is 95.4. The van der Waals surface area contributed by atoms with Crippen LogP contribution < -0.4 is 10.6 Å². The summed E-state index contributed by atoms with van der Waals surface area (Å²) in [4.78, 5) is 36.5. The second-order valence-electron chi connectivity index (χ2n) is 9.65.